The molecule has 1 N–H and O–H groups in total. The summed E-state index contributed by atoms with van der Waals surface area (Å²) in [7, 11) is 0. The van der Waals surface area contributed by atoms with Crippen molar-refractivity contribution in [2.24, 2.45) is 0 Å². The first-order valence-corrected chi connectivity index (χ1v) is 14.4. The predicted molar refractivity (Wildman–Crippen MR) is 159 cm³/mol. The molecule has 1 atom stereocenters. The van der Waals surface area contributed by atoms with Gasteiger partial charge in [-0.05, 0) is 60.4 Å². The standard InChI is InChI=1S/C32H32Cl2N2O5/c1-21-18-24(9-11-27(21)41-20-22-6-3-2-4-7-22)30(37)28-29(23-8-10-25(33)26(34)19-23)36(32(39)31(28)38)13-5-12-35-14-16-40-17-15-35/h2-4,6-11,18-19,29,37H,5,12-17,20H2,1H3/b30-28+/t29-/m1/s1. The van der Waals surface area contributed by atoms with Crippen LogP contribution in [0.15, 0.2) is 72.3 Å². The highest BCUT2D eigenvalue weighted by Crippen LogP contribution is 2.41. The number of ether oxygens (including phenoxy) is 2. The summed E-state index contributed by atoms with van der Waals surface area (Å²) < 4.78 is 11.4. The van der Waals surface area contributed by atoms with E-state index in [9.17, 15) is 14.7 Å². The average Bonchev–Trinajstić information content (AvgIpc) is 3.23. The molecule has 0 bridgehead atoms. The van der Waals surface area contributed by atoms with Gasteiger partial charge in [0.2, 0.25) is 0 Å². The predicted octanol–water partition coefficient (Wildman–Crippen LogP) is 6.02. The van der Waals surface area contributed by atoms with Gasteiger partial charge in [0.05, 0.1) is 34.9 Å². The molecule has 1 amide bonds. The monoisotopic (exact) mass is 594 g/mol. The molecule has 5 rings (SSSR count). The Kier molecular flexibility index (Phi) is 9.30. The van der Waals surface area contributed by atoms with Crippen molar-refractivity contribution in [3.8, 4) is 5.75 Å². The van der Waals surface area contributed by atoms with Crippen molar-refractivity contribution >= 4 is 40.7 Å². The number of carbonyl (C=O) groups is 2. The molecule has 0 saturated carbocycles. The summed E-state index contributed by atoms with van der Waals surface area (Å²) in [5, 5.41) is 12.2. The third-order valence-corrected chi connectivity index (χ3v) is 8.20. The van der Waals surface area contributed by atoms with E-state index in [1.807, 2.05) is 37.3 Å². The number of nitrogens with zero attached hydrogens (tertiary/aromatic N) is 2. The summed E-state index contributed by atoms with van der Waals surface area (Å²) in [4.78, 5) is 30.6. The van der Waals surface area contributed by atoms with Crippen molar-refractivity contribution in [1.82, 2.24) is 9.80 Å². The van der Waals surface area contributed by atoms with Crippen LogP contribution in [0.2, 0.25) is 10.0 Å². The summed E-state index contributed by atoms with van der Waals surface area (Å²) in [6, 6.07) is 19.3. The molecule has 3 aromatic carbocycles. The minimum Gasteiger partial charge on any atom is -0.507 e. The maximum absolute atomic E-state index is 13.4. The number of benzene rings is 3. The van der Waals surface area contributed by atoms with Crippen molar-refractivity contribution in [2.45, 2.75) is 26.0 Å². The van der Waals surface area contributed by atoms with Gasteiger partial charge in [-0.25, -0.2) is 0 Å². The second kappa shape index (κ2) is 13.1. The lowest BCUT2D eigenvalue weighted by atomic mass is 9.94. The zero-order valence-electron chi connectivity index (χ0n) is 22.8. The Morgan fingerprint density at radius 1 is 0.976 bits per heavy atom. The molecule has 2 saturated heterocycles. The van der Waals surface area contributed by atoms with E-state index >= 15 is 0 Å². The third-order valence-electron chi connectivity index (χ3n) is 7.46. The normalized spacial score (nSPS) is 19.1. The zero-order chi connectivity index (χ0) is 28.9. The Balaban J connectivity index is 1.44. The van der Waals surface area contributed by atoms with Gasteiger partial charge in [0.15, 0.2) is 0 Å². The zero-order valence-corrected chi connectivity index (χ0v) is 24.3. The highest BCUT2D eigenvalue weighted by atomic mass is 35.5. The van der Waals surface area contributed by atoms with Gasteiger partial charge in [0.25, 0.3) is 11.7 Å². The molecule has 0 aromatic heterocycles. The number of aliphatic hydroxyl groups is 1. The molecule has 2 fully saturated rings. The smallest absolute Gasteiger partial charge is 0.295 e. The lowest BCUT2D eigenvalue weighted by Gasteiger charge is -2.29. The van der Waals surface area contributed by atoms with Crippen LogP contribution in [0.3, 0.4) is 0 Å². The van der Waals surface area contributed by atoms with E-state index in [4.69, 9.17) is 32.7 Å². The van der Waals surface area contributed by atoms with E-state index < -0.39 is 17.7 Å². The largest absolute Gasteiger partial charge is 0.507 e. The van der Waals surface area contributed by atoms with E-state index in [2.05, 4.69) is 4.90 Å². The summed E-state index contributed by atoms with van der Waals surface area (Å²) in [5.41, 5.74) is 2.87. The van der Waals surface area contributed by atoms with E-state index in [0.717, 1.165) is 30.8 Å². The molecule has 0 aliphatic carbocycles. The number of Topliss-reactive ketones (excluding diaryl/α,β-unsaturated/α-hetero) is 1. The molecule has 214 valence electrons. The highest BCUT2D eigenvalue weighted by molar-refractivity contribution is 6.46. The second-order valence-corrected chi connectivity index (χ2v) is 11.0. The molecule has 2 aliphatic rings. The minimum atomic E-state index is -0.802. The van der Waals surface area contributed by atoms with E-state index in [1.165, 1.54) is 4.90 Å². The first kappa shape index (κ1) is 29.1. The molecule has 2 heterocycles. The lowest BCUT2D eigenvalue weighted by Crippen LogP contribution is -2.38. The van der Waals surface area contributed by atoms with Gasteiger partial charge in [0.1, 0.15) is 18.1 Å². The van der Waals surface area contributed by atoms with E-state index in [-0.39, 0.29) is 11.3 Å². The summed E-state index contributed by atoms with van der Waals surface area (Å²) in [6.07, 6.45) is 0.664. The van der Waals surface area contributed by atoms with Crippen LogP contribution < -0.4 is 4.74 Å². The van der Waals surface area contributed by atoms with Crippen LogP contribution in [0.1, 0.15) is 34.7 Å². The number of aryl methyl sites for hydroxylation is 1. The number of amides is 1. The second-order valence-electron chi connectivity index (χ2n) is 10.2. The van der Waals surface area contributed by atoms with Crippen LogP contribution >= 0.6 is 23.2 Å². The number of carbonyl (C=O) groups excluding carboxylic acids is 2. The fourth-order valence-electron chi connectivity index (χ4n) is 5.28. The fourth-order valence-corrected chi connectivity index (χ4v) is 5.59. The number of morpholine rings is 1. The number of halogens is 2. The van der Waals surface area contributed by atoms with Crippen molar-refractivity contribution in [2.75, 3.05) is 39.4 Å². The molecule has 7 nitrogen and oxygen atoms in total. The van der Waals surface area contributed by atoms with Gasteiger partial charge in [-0.3, -0.25) is 14.5 Å². The van der Waals surface area contributed by atoms with Gasteiger partial charge in [-0.1, -0.05) is 59.6 Å². The molecular weight excluding hydrogens is 563 g/mol. The van der Waals surface area contributed by atoms with Crippen LogP contribution in [0.4, 0.5) is 0 Å². The van der Waals surface area contributed by atoms with Gasteiger partial charge < -0.3 is 19.5 Å². The van der Waals surface area contributed by atoms with Gasteiger partial charge in [0, 0.05) is 31.7 Å². The van der Waals surface area contributed by atoms with Crippen LogP contribution in [-0.2, 0) is 20.9 Å². The van der Waals surface area contributed by atoms with Crippen molar-refractivity contribution < 1.29 is 24.2 Å². The van der Waals surface area contributed by atoms with E-state index in [0.29, 0.717) is 59.7 Å². The number of ketones is 1. The topological polar surface area (TPSA) is 79.3 Å². The van der Waals surface area contributed by atoms with Crippen LogP contribution in [-0.4, -0.2) is 66.0 Å². The first-order chi connectivity index (χ1) is 19.8. The maximum Gasteiger partial charge on any atom is 0.295 e. The molecule has 0 radical (unpaired) electrons. The number of hydrogen-bond acceptors (Lipinski definition) is 6. The molecular formula is C32H32Cl2N2O5. The van der Waals surface area contributed by atoms with Crippen LogP contribution in [0.5, 0.6) is 5.75 Å². The maximum atomic E-state index is 13.4. The third kappa shape index (κ3) is 6.60. The van der Waals surface area contributed by atoms with Gasteiger partial charge >= 0.3 is 0 Å². The quantitative estimate of drug-likeness (QED) is 0.185. The average molecular weight is 596 g/mol. The molecule has 3 aromatic rings. The summed E-state index contributed by atoms with van der Waals surface area (Å²) in [6.45, 7) is 6.42. The molecule has 0 spiro atoms. The van der Waals surface area contributed by atoms with Crippen molar-refractivity contribution in [3.63, 3.8) is 0 Å². The first-order valence-electron chi connectivity index (χ1n) is 13.6. The minimum absolute atomic E-state index is 0.0251. The van der Waals surface area contributed by atoms with Crippen LogP contribution in [0.25, 0.3) is 5.76 Å². The highest BCUT2D eigenvalue weighted by Gasteiger charge is 2.46. The number of hydrogen-bond donors (Lipinski definition) is 1. The van der Waals surface area contributed by atoms with Gasteiger partial charge in [-0.2, -0.15) is 0 Å². The Labute approximate surface area is 249 Å². The Morgan fingerprint density at radius 2 is 1.73 bits per heavy atom. The Hall–Kier alpha value is -3.36. The summed E-state index contributed by atoms with van der Waals surface area (Å²) >= 11 is 12.5. The molecule has 9 heteroatoms. The van der Waals surface area contributed by atoms with Crippen molar-refractivity contribution in [1.29, 1.82) is 0 Å². The fraction of sp³-hybridized carbons (Fsp3) is 0.312. The molecule has 2 aliphatic heterocycles. The number of likely N-dealkylation sites (tertiary alicyclic amines) is 1. The SMILES string of the molecule is Cc1cc(/C(O)=C2\C(=O)C(=O)N(CCCN3CCOCC3)[C@@H]2c2ccc(Cl)c(Cl)c2)ccc1OCc1ccccc1. The lowest BCUT2D eigenvalue weighted by molar-refractivity contribution is -0.140. The molecule has 0 unspecified atom stereocenters. The Morgan fingerprint density at radius 3 is 2.44 bits per heavy atom. The number of aliphatic hydroxyl groups excluding tert-OH is 1. The summed E-state index contributed by atoms with van der Waals surface area (Å²) in [5.74, 6) is -0.959. The van der Waals surface area contributed by atoms with Gasteiger partial charge in [-0.15, -0.1) is 0 Å². The molecule has 41 heavy (non-hydrogen) atoms. The van der Waals surface area contributed by atoms with Crippen LogP contribution in [0, 0.1) is 6.92 Å². The number of rotatable bonds is 9. The van der Waals surface area contributed by atoms with Crippen molar-refractivity contribution in [3.05, 3.63) is 105 Å². The van der Waals surface area contributed by atoms with E-state index in [1.54, 1.807) is 36.4 Å². The Bertz CT molecular complexity index is 1450.